The lowest BCUT2D eigenvalue weighted by molar-refractivity contribution is -0.124. The molecule has 3 aromatic rings. The highest BCUT2D eigenvalue weighted by Crippen LogP contribution is 2.27. The minimum absolute atomic E-state index is 0.370. The van der Waals surface area contributed by atoms with E-state index in [-0.39, 0.29) is 5.91 Å². The topological polar surface area (TPSA) is 60.9 Å². The van der Waals surface area contributed by atoms with E-state index in [1.54, 1.807) is 0 Å². The molecule has 0 aliphatic heterocycles. The predicted molar refractivity (Wildman–Crippen MR) is 83.7 cm³/mol. The summed E-state index contributed by atoms with van der Waals surface area (Å²) in [4.78, 5) is 16.2. The van der Waals surface area contributed by atoms with E-state index in [4.69, 9.17) is 5.73 Å². The molecule has 2 aromatic heterocycles. The Morgan fingerprint density at radius 3 is 2.52 bits per heavy atom. The van der Waals surface area contributed by atoms with Gasteiger partial charge in [0.1, 0.15) is 5.54 Å². The molecule has 0 fully saturated rings. The molecule has 1 aromatic carbocycles. The first kappa shape index (κ1) is 13.4. The second-order valence-corrected chi connectivity index (χ2v) is 5.60. The molecular weight excluding hydrogens is 262 g/mol. The first-order chi connectivity index (χ1) is 10.00. The van der Waals surface area contributed by atoms with Gasteiger partial charge in [-0.05, 0) is 31.5 Å². The number of aromatic nitrogens is 2. The Balaban J connectivity index is 2.19. The standard InChI is InChI=1S/C17H17N3O/c1-17(2,16(18)21)20-9-8-14-15(20)10-13(11-19-14)12-6-4-3-5-7-12/h3-11H,1-2H3,(H2,18,21). The van der Waals surface area contributed by atoms with E-state index in [9.17, 15) is 4.79 Å². The van der Waals surface area contributed by atoms with Gasteiger partial charge in [-0.25, -0.2) is 0 Å². The molecular formula is C17H17N3O. The number of fused-ring (bicyclic) bond motifs is 1. The lowest BCUT2D eigenvalue weighted by Crippen LogP contribution is -2.40. The minimum atomic E-state index is -0.793. The summed E-state index contributed by atoms with van der Waals surface area (Å²) >= 11 is 0. The third kappa shape index (κ3) is 2.18. The summed E-state index contributed by atoms with van der Waals surface area (Å²) in [6.07, 6.45) is 3.70. The van der Waals surface area contributed by atoms with Crippen molar-refractivity contribution in [1.29, 1.82) is 0 Å². The van der Waals surface area contributed by atoms with Gasteiger partial charge in [0.05, 0.1) is 11.0 Å². The van der Waals surface area contributed by atoms with Gasteiger partial charge in [0.2, 0.25) is 5.91 Å². The molecule has 0 spiro atoms. The average molecular weight is 279 g/mol. The van der Waals surface area contributed by atoms with Crippen LogP contribution in [-0.4, -0.2) is 15.5 Å². The van der Waals surface area contributed by atoms with E-state index in [1.807, 2.05) is 73.3 Å². The van der Waals surface area contributed by atoms with E-state index in [0.29, 0.717) is 0 Å². The quantitative estimate of drug-likeness (QED) is 0.801. The van der Waals surface area contributed by atoms with Crippen LogP contribution in [0, 0.1) is 0 Å². The van der Waals surface area contributed by atoms with Crippen molar-refractivity contribution < 1.29 is 4.79 Å². The molecule has 1 amide bonds. The minimum Gasteiger partial charge on any atom is -0.368 e. The van der Waals surface area contributed by atoms with Crippen LogP contribution in [0.2, 0.25) is 0 Å². The number of benzene rings is 1. The maximum absolute atomic E-state index is 11.7. The van der Waals surface area contributed by atoms with Crippen molar-refractivity contribution in [3.63, 3.8) is 0 Å². The fraction of sp³-hybridized carbons (Fsp3) is 0.176. The molecule has 2 heterocycles. The number of nitrogens with two attached hydrogens (primary N) is 1. The molecule has 0 bridgehead atoms. The third-order valence-electron chi connectivity index (χ3n) is 3.85. The second kappa shape index (κ2) is 4.74. The number of primary amides is 1. The Morgan fingerprint density at radius 1 is 1.14 bits per heavy atom. The smallest absolute Gasteiger partial charge is 0.243 e. The Morgan fingerprint density at radius 2 is 1.86 bits per heavy atom. The van der Waals surface area contributed by atoms with Gasteiger partial charge in [-0.3, -0.25) is 9.78 Å². The van der Waals surface area contributed by atoms with Crippen LogP contribution in [0.25, 0.3) is 22.2 Å². The molecule has 4 nitrogen and oxygen atoms in total. The summed E-state index contributed by atoms with van der Waals surface area (Å²) < 4.78 is 1.88. The molecule has 0 aliphatic carbocycles. The van der Waals surface area contributed by atoms with Gasteiger partial charge in [0, 0.05) is 18.0 Å². The maximum Gasteiger partial charge on any atom is 0.243 e. The number of carbonyl (C=O) groups is 1. The normalized spacial score (nSPS) is 11.7. The van der Waals surface area contributed by atoms with E-state index in [0.717, 1.165) is 22.2 Å². The van der Waals surface area contributed by atoms with Crippen LogP contribution in [0.5, 0.6) is 0 Å². The van der Waals surface area contributed by atoms with Gasteiger partial charge in [-0.2, -0.15) is 0 Å². The van der Waals surface area contributed by atoms with Crippen molar-refractivity contribution in [1.82, 2.24) is 9.55 Å². The molecule has 4 heteroatoms. The summed E-state index contributed by atoms with van der Waals surface area (Å²) in [7, 11) is 0. The fourth-order valence-corrected chi connectivity index (χ4v) is 2.41. The van der Waals surface area contributed by atoms with Gasteiger partial charge in [0.15, 0.2) is 0 Å². The van der Waals surface area contributed by atoms with Crippen LogP contribution < -0.4 is 5.73 Å². The van der Waals surface area contributed by atoms with Crippen molar-refractivity contribution in [2.45, 2.75) is 19.4 Å². The van der Waals surface area contributed by atoms with Crippen molar-refractivity contribution in [3.05, 3.63) is 54.9 Å². The average Bonchev–Trinajstić information content (AvgIpc) is 2.91. The molecule has 0 unspecified atom stereocenters. The highest BCUT2D eigenvalue weighted by Gasteiger charge is 2.28. The Kier molecular flexibility index (Phi) is 3.01. The molecule has 0 atom stereocenters. The lowest BCUT2D eigenvalue weighted by atomic mass is 10.0. The predicted octanol–water partition coefficient (Wildman–Crippen LogP) is 2.92. The Hall–Kier alpha value is -2.62. The van der Waals surface area contributed by atoms with E-state index < -0.39 is 5.54 Å². The van der Waals surface area contributed by atoms with Crippen LogP contribution >= 0.6 is 0 Å². The molecule has 2 N–H and O–H groups in total. The summed E-state index contributed by atoms with van der Waals surface area (Å²) in [6.45, 7) is 3.62. The van der Waals surface area contributed by atoms with Gasteiger partial charge in [0.25, 0.3) is 0 Å². The fourth-order valence-electron chi connectivity index (χ4n) is 2.41. The molecule has 0 saturated carbocycles. The highest BCUT2D eigenvalue weighted by atomic mass is 16.1. The monoisotopic (exact) mass is 279 g/mol. The zero-order valence-electron chi connectivity index (χ0n) is 12.1. The highest BCUT2D eigenvalue weighted by molar-refractivity contribution is 5.87. The van der Waals surface area contributed by atoms with Gasteiger partial charge >= 0.3 is 0 Å². The number of rotatable bonds is 3. The number of amides is 1. The van der Waals surface area contributed by atoms with Gasteiger partial charge in [-0.15, -0.1) is 0 Å². The SMILES string of the molecule is CC(C)(C(N)=O)n1ccc2ncc(-c3ccccc3)cc21. The number of hydrogen-bond acceptors (Lipinski definition) is 2. The lowest BCUT2D eigenvalue weighted by Gasteiger charge is -2.24. The zero-order chi connectivity index (χ0) is 15.0. The summed E-state index contributed by atoms with van der Waals surface area (Å²) in [5.74, 6) is -0.370. The van der Waals surface area contributed by atoms with Crippen LogP contribution in [0.4, 0.5) is 0 Å². The molecule has 3 rings (SSSR count). The van der Waals surface area contributed by atoms with Gasteiger partial charge < -0.3 is 10.3 Å². The van der Waals surface area contributed by atoms with Crippen LogP contribution in [0.1, 0.15) is 13.8 Å². The van der Waals surface area contributed by atoms with Crippen molar-refractivity contribution >= 4 is 16.9 Å². The first-order valence-corrected chi connectivity index (χ1v) is 6.83. The zero-order valence-corrected chi connectivity index (χ0v) is 12.1. The largest absolute Gasteiger partial charge is 0.368 e. The number of carbonyl (C=O) groups excluding carboxylic acids is 1. The maximum atomic E-state index is 11.7. The summed E-state index contributed by atoms with van der Waals surface area (Å²) in [6, 6.07) is 14.0. The van der Waals surface area contributed by atoms with Crippen molar-refractivity contribution in [2.24, 2.45) is 5.73 Å². The van der Waals surface area contributed by atoms with Crippen LogP contribution in [0.15, 0.2) is 54.9 Å². The van der Waals surface area contributed by atoms with Crippen LogP contribution in [0.3, 0.4) is 0 Å². The molecule has 21 heavy (non-hydrogen) atoms. The number of nitrogens with zero attached hydrogens (tertiary/aromatic N) is 2. The Bertz CT molecular complexity index is 803. The Labute approximate surface area is 123 Å². The number of hydrogen-bond donors (Lipinski definition) is 1. The molecule has 0 aliphatic rings. The van der Waals surface area contributed by atoms with Gasteiger partial charge in [-0.1, -0.05) is 30.3 Å². The van der Waals surface area contributed by atoms with E-state index in [2.05, 4.69) is 4.98 Å². The first-order valence-electron chi connectivity index (χ1n) is 6.83. The van der Waals surface area contributed by atoms with Crippen molar-refractivity contribution in [2.75, 3.05) is 0 Å². The summed E-state index contributed by atoms with van der Waals surface area (Å²) in [5.41, 5.74) is 8.59. The molecule has 106 valence electrons. The van der Waals surface area contributed by atoms with Crippen molar-refractivity contribution in [3.8, 4) is 11.1 Å². The van der Waals surface area contributed by atoms with E-state index >= 15 is 0 Å². The third-order valence-corrected chi connectivity index (χ3v) is 3.85. The van der Waals surface area contributed by atoms with E-state index in [1.165, 1.54) is 0 Å². The second-order valence-electron chi connectivity index (χ2n) is 5.60. The number of pyridine rings is 1. The summed E-state index contributed by atoms with van der Waals surface area (Å²) in [5, 5.41) is 0. The van der Waals surface area contributed by atoms with Crippen LogP contribution in [-0.2, 0) is 10.3 Å². The molecule has 0 saturated heterocycles. The molecule has 0 radical (unpaired) electrons.